The van der Waals surface area contributed by atoms with E-state index >= 15 is 0 Å². The number of nitriles is 1. The van der Waals surface area contributed by atoms with Gasteiger partial charge in [-0.3, -0.25) is 9.59 Å². The highest BCUT2D eigenvalue weighted by Crippen LogP contribution is 2.48. The Balaban J connectivity index is 1.57. The van der Waals surface area contributed by atoms with Crippen LogP contribution in [-0.2, 0) is 14.3 Å². The molecule has 0 saturated carbocycles. The van der Waals surface area contributed by atoms with Gasteiger partial charge in [-0.1, -0.05) is 55.2 Å². The number of nitrogens with zero attached hydrogens (tertiary/aromatic N) is 1. The van der Waals surface area contributed by atoms with Crippen molar-refractivity contribution in [3.8, 4) is 11.8 Å². The van der Waals surface area contributed by atoms with Crippen molar-refractivity contribution in [1.82, 2.24) is 0 Å². The number of allylic oxidation sites excluding steroid dienone is 3. The average molecular weight is 512 g/mol. The quantitative estimate of drug-likeness (QED) is 0.550. The fourth-order valence-corrected chi connectivity index (χ4v) is 4.69. The highest BCUT2D eigenvalue weighted by molar-refractivity contribution is 6.44. The van der Waals surface area contributed by atoms with E-state index in [1.807, 2.05) is 13.8 Å². The number of ketones is 1. The first-order valence-corrected chi connectivity index (χ1v) is 11.7. The van der Waals surface area contributed by atoms with Gasteiger partial charge in [0.1, 0.15) is 23.2 Å². The summed E-state index contributed by atoms with van der Waals surface area (Å²) < 4.78 is 11.4. The number of rotatable bonds is 5. The van der Waals surface area contributed by atoms with Crippen molar-refractivity contribution in [2.75, 3.05) is 11.9 Å². The minimum absolute atomic E-state index is 0.00847. The Hall–Kier alpha value is -3.47. The first-order chi connectivity index (χ1) is 16.6. The molecule has 1 heterocycles. The molecule has 0 spiro atoms. The third-order valence-corrected chi connectivity index (χ3v) is 6.68. The normalized spacial score (nSPS) is 18.9. The van der Waals surface area contributed by atoms with Gasteiger partial charge < -0.3 is 20.5 Å². The van der Waals surface area contributed by atoms with Crippen LogP contribution >= 0.6 is 23.2 Å². The molecule has 0 aromatic heterocycles. The molecule has 0 saturated heterocycles. The molecule has 0 bridgehead atoms. The highest BCUT2D eigenvalue weighted by atomic mass is 35.5. The second-order valence-corrected chi connectivity index (χ2v) is 10.00. The van der Waals surface area contributed by atoms with Gasteiger partial charge >= 0.3 is 0 Å². The molecule has 4 rings (SSSR count). The Labute approximate surface area is 213 Å². The molecule has 2 aliphatic rings. The maximum Gasteiger partial charge on any atom is 0.262 e. The third-order valence-electron chi connectivity index (χ3n) is 5.86. The lowest BCUT2D eigenvalue weighted by Gasteiger charge is -2.37. The zero-order chi connectivity index (χ0) is 25.3. The summed E-state index contributed by atoms with van der Waals surface area (Å²) in [6, 6.07) is 13.9. The number of carbonyl (C=O) groups is 2. The standard InChI is InChI=1S/C26H23Cl2N3O4/c1-26(2)10-19(32)23-20(11-26)35-25(30)16(12-29)22(23)14-5-3-6-15(9-14)34-13-21(33)31-18-8-4-7-17(27)24(18)28/h3-9,22H,10-11,13,30H2,1-2H3,(H,31,33). The number of benzene rings is 2. The number of Topliss-reactive ketones (excluding diaryl/α,β-unsaturated/α-hetero) is 1. The molecule has 180 valence electrons. The van der Waals surface area contributed by atoms with Gasteiger partial charge in [0, 0.05) is 18.4 Å². The molecule has 0 fully saturated rings. The predicted octanol–water partition coefficient (Wildman–Crippen LogP) is 5.46. The highest BCUT2D eigenvalue weighted by Gasteiger charge is 2.43. The summed E-state index contributed by atoms with van der Waals surface area (Å²) in [5, 5.41) is 13.0. The number of nitrogens with one attached hydrogen (secondary N) is 1. The SMILES string of the molecule is CC1(C)CC(=O)C2=C(C1)OC(N)=C(C#N)C2c1cccc(OCC(=O)Nc2cccc(Cl)c2Cl)c1. The van der Waals surface area contributed by atoms with E-state index in [4.69, 9.17) is 38.4 Å². The first-order valence-electron chi connectivity index (χ1n) is 10.9. The molecule has 1 amide bonds. The zero-order valence-corrected chi connectivity index (χ0v) is 20.7. The van der Waals surface area contributed by atoms with Crippen LogP contribution < -0.4 is 15.8 Å². The number of ether oxygens (including phenoxy) is 2. The van der Waals surface area contributed by atoms with Crippen LogP contribution in [0.25, 0.3) is 0 Å². The summed E-state index contributed by atoms with van der Waals surface area (Å²) >= 11 is 12.1. The Bertz CT molecular complexity index is 1320. The molecule has 1 aliphatic carbocycles. The lowest BCUT2D eigenvalue weighted by molar-refractivity contribution is -0.119. The molecule has 1 atom stereocenters. The number of amides is 1. The van der Waals surface area contributed by atoms with Crippen LogP contribution in [0.15, 0.2) is 65.3 Å². The molecule has 1 aliphatic heterocycles. The van der Waals surface area contributed by atoms with Gasteiger partial charge in [-0.05, 0) is 35.2 Å². The average Bonchev–Trinajstić information content (AvgIpc) is 2.79. The Morgan fingerprint density at radius 3 is 2.74 bits per heavy atom. The van der Waals surface area contributed by atoms with E-state index in [2.05, 4.69) is 11.4 Å². The molecule has 0 radical (unpaired) electrons. The number of anilines is 1. The van der Waals surface area contributed by atoms with Crippen LogP contribution in [-0.4, -0.2) is 18.3 Å². The summed E-state index contributed by atoms with van der Waals surface area (Å²) in [4.78, 5) is 25.5. The largest absolute Gasteiger partial charge is 0.484 e. The Morgan fingerprint density at radius 2 is 2.00 bits per heavy atom. The number of halogens is 2. The van der Waals surface area contributed by atoms with Gasteiger partial charge in [0.25, 0.3) is 5.91 Å². The topological polar surface area (TPSA) is 114 Å². The molecular formula is C26H23Cl2N3O4. The van der Waals surface area contributed by atoms with Gasteiger partial charge in [0.2, 0.25) is 5.88 Å². The van der Waals surface area contributed by atoms with Crippen molar-refractivity contribution in [1.29, 1.82) is 5.26 Å². The molecule has 2 aromatic rings. The van der Waals surface area contributed by atoms with Crippen LogP contribution in [0.3, 0.4) is 0 Å². The van der Waals surface area contributed by atoms with Crippen LogP contribution in [0.4, 0.5) is 5.69 Å². The van der Waals surface area contributed by atoms with Crippen LogP contribution in [0.5, 0.6) is 5.75 Å². The van der Waals surface area contributed by atoms with Gasteiger partial charge in [-0.25, -0.2) is 0 Å². The minimum Gasteiger partial charge on any atom is -0.484 e. The van der Waals surface area contributed by atoms with Crippen LogP contribution in [0, 0.1) is 16.7 Å². The van der Waals surface area contributed by atoms with Crippen molar-refractivity contribution in [3.05, 3.63) is 80.9 Å². The van der Waals surface area contributed by atoms with Gasteiger partial charge in [0.15, 0.2) is 12.4 Å². The van der Waals surface area contributed by atoms with Crippen molar-refractivity contribution < 1.29 is 19.1 Å². The fraction of sp³-hybridized carbons (Fsp3) is 0.269. The lowest BCUT2D eigenvalue weighted by Crippen LogP contribution is -2.33. The minimum atomic E-state index is -0.671. The Kier molecular flexibility index (Phi) is 6.79. The summed E-state index contributed by atoms with van der Waals surface area (Å²) in [7, 11) is 0. The smallest absolute Gasteiger partial charge is 0.262 e. The van der Waals surface area contributed by atoms with Gasteiger partial charge in [-0.15, -0.1) is 0 Å². The van der Waals surface area contributed by atoms with E-state index in [1.54, 1.807) is 42.5 Å². The summed E-state index contributed by atoms with van der Waals surface area (Å²) in [5.41, 5.74) is 7.44. The molecule has 1 unspecified atom stereocenters. The molecule has 3 N–H and O–H groups in total. The summed E-state index contributed by atoms with van der Waals surface area (Å²) in [6.45, 7) is 3.69. The van der Waals surface area contributed by atoms with E-state index in [9.17, 15) is 14.9 Å². The zero-order valence-electron chi connectivity index (χ0n) is 19.2. The summed E-state index contributed by atoms with van der Waals surface area (Å²) in [6.07, 6.45) is 0.874. The molecular weight excluding hydrogens is 489 g/mol. The van der Waals surface area contributed by atoms with Crippen molar-refractivity contribution in [2.24, 2.45) is 11.1 Å². The lowest BCUT2D eigenvalue weighted by atomic mass is 9.70. The van der Waals surface area contributed by atoms with Crippen molar-refractivity contribution in [3.63, 3.8) is 0 Å². The van der Waals surface area contributed by atoms with Crippen LogP contribution in [0.2, 0.25) is 10.0 Å². The van der Waals surface area contributed by atoms with Gasteiger partial charge in [-0.2, -0.15) is 5.26 Å². The van der Waals surface area contributed by atoms with Gasteiger partial charge in [0.05, 0.1) is 21.7 Å². The van der Waals surface area contributed by atoms with E-state index in [0.29, 0.717) is 46.2 Å². The second kappa shape index (κ2) is 9.65. The maximum atomic E-state index is 13.1. The summed E-state index contributed by atoms with van der Waals surface area (Å²) in [5.74, 6) is -0.298. The van der Waals surface area contributed by atoms with E-state index in [0.717, 1.165) is 0 Å². The number of hydrogen-bond donors (Lipinski definition) is 2. The fourth-order valence-electron chi connectivity index (χ4n) is 4.34. The number of nitrogens with two attached hydrogens (primary N) is 1. The third kappa shape index (κ3) is 5.14. The van der Waals surface area contributed by atoms with Crippen LogP contribution in [0.1, 0.15) is 38.2 Å². The number of hydrogen-bond acceptors (Lipinski definition) is 6. The van der Waals surface area contributed by atoms with Crippen molar-refractivity contribution >= 4 is 40.6 Å². The van der Waals surface area contributed by atoms with Crippen molar-refractivity contribution in [2.45, 2.75) is 32.6 Å². The monoisotopic (exact) mass is 511 g/mol. The predicted molar refractivity (Wildman–Crippen MR) is 133 cm³/mol. The van der Waals surface area contributed by atoms with E-state index in [1.165, 1.54) is 0 Å². The second-order valence-electron chi connectivity index (χ2n) is 9.21. The molecule has 2 aromatic carbocycles. The molecule has 7 nitrogen and oxygen atoms in total. The van der Waals surface area contributed by atoms with E-state index in [-0.39, 0.29) is 34.3 Å². The maximum absolute atomic E-state index is 13.1. The first kappa shape index (κ1) is 24.6. The number of carbonyl (C=O) groups excluding carboxylic acids is 2. The molecule has 35 heavy (non-hydrogen) atoms. The molecule has 9 heteroatoms. The Morgan fingerprint density at radius 1 is 1.26 bits per heavy atom. The van der Waals surface area contributed by atoms with E-state index < -0.39 is 11.8 Å².